The van der Waals surface area contributed by atoms with Crippen molar-refractivity contribution in [3.05, 3.63) is 71.2 Å². The maximum absolute atomic E-state index is 13.2. The van der Waals surface area contributed by atoms with Gasteiger partial charge in [0.05, 0.1) is 11.3 Å². The number of halogens is 3. The quantitative estimate of drug-likeness (QED) is 0.655. The predicted molar refractivity (Wildman–Crippen MR) is 96.4 cm³/mol. The molecule has 0 aliphatic carbocycles. The van der Waals surface area contributed by atoms with Crippen molar-refractivity contribution in [2.24, 2.45) is 0 Å². The number of carbonyl (C=O) groups is 1. The fraction of sp³-hybridized carbons (Fsp3) is 0.300. The molecule has 1 aromatic carbocycles. The molecule has 27 heavy (non-hydrogen) atoms. The fourth-order valence-corrected chi connectivity index (χ4v) is 3.01. The summed E-state index contributed by atoms with van der Waals surface area (Å²) in [5.74, 6) is -0.329. The standard InChI is InChI=1S/C20H20F3N3O/c1-3-16-18(19(27)25(4-2)12-14-8-6-5-7-9-14)26-13-15(20(21,22)23)10-11-17(26)24-16/h5-11,13H,3-4,12H2,1-2H3. The molecule has 7 heteroatoms. The van der Waals surface area contributed by atoms with Gasteiger partial charge in [0.1, 0.15) is 11.3 Å². The molecule has 3 rings (SSSR count). The molecule has 2 heterocycles. The summed E-state index contributed by atoms with van der Waals surface area (Å²) < 4.78 is 40.6. The number of carbonyl (C=O) groups excluding carboxylic acids is 1. The van der Waals surface area contributed by atoms with Gasteiger partial charge >= 0.3 is 6.18 Å². The summed E-state index contributed by atoms with van der Waals surface area (Å²) in [5.41, 5.74) is 1.16. The molecule has 3 aromatic rings. The average Bonchev–Trinajstić information content (AvgIpc) is 3.03. The number of alkyl halides is 3. The van der Waals surface area contributed by atoms with E-state index in [1.54, 1.807) is 4.90 Å². The maximum atomic E-state index is 13.2. The number of amides is 1. The second-order valence-electron chi connectivity index (χ2n) is 6.21. The Bertz CT molecular complexity index is 948. The van der Waals surface area contributed by atoms with E-state index in [1.807, 2.05) is 44.2 Å². The third kappa shape index (κ3) is 3.82. The van der Waals surface area contributed by atoms with Crippen molar-refractivity contribution in [2.45, 2.75) is 33.0 Å². The molecule has 1 amide bonds. The summed E-state index contributed by atoms with van der Waals surface area (Å²) in [6.07, 6.45) is -3.09. The molecule has 0 atom stereocenters. The molecule has 0 radical (unpaired) electrons. The number of hydrogen-bond acceptors (Lipinski definition) is 2. The summed E-state index contributed by atoms with van der Waals surface area (Å²) in [5, 5.41) is 0. The molecule has 0 aliphatic heterocycles. The summed E-state index contributed by atoms with van der Waals surface area (Å²) in [6, 6.07) is 11.8. The zero-order valence-corrected chi connectivity index (χ0v) is 15.1. The lowest BCUT2D eigenvalue weighted by Crippen LogP contribution is -2.32. The molecule has 142 valence electrons. The van der Waals surface area contributed by atoms with Crippen LogP contribution in [0, 0.1) is 0 Å². The van der Waals surface area contributed by atoms with E-state index in [0.717, 1.165) is 17.8 Å². The van der Waals surface area contributed by atoms with E-state index in [0.29, 0.717) is 30.9 Å². The number of imidazole rings is 1. The van der Waals surface area contributed by atoms with Crippen LogP contribution in [-0.2, 0) is 19.1 Å². The smallest absolute Gasteiger partial charge is 0.333 e. The normalized spacial score (nSPS) is 11.7. The van der Waals surface area contributed by atoms with Crippen LogP contribution in [0.4, 0.5) is 13.2 Å². The number of hydrogen-bond donors (Lipinski definition) is 0. The molecule has 4 nitrogen and oxygen atoms in total. The summed E-state index contributed by atoms with van der Waals surface area (Å²) in [4.78, 5) is 19.1. The lowest BCUT2D eigenvalue weighted by molar-refractivity contribution is -0.137. The number of rotatable bonds is 5. The van der Waals surface area contributed by atoms with Crippen molar-refractivity contribution in [3.63, 3.8) is 0 Å². The Morgan fingerprint density at radius 2 is 1.81 bits per heavy atom. The van der Waals surface area contributed by atoms with E-state index in [2.05, 4.69) is 4.98 Å². The van der Waals surface area contributed by atoms with Crippen molar-refractivity contribution in [1.29, 1.82) is 0 Å². The Hall–Kier alpha value is -2.83. The van der Waals surface area contributed by atoms with Crippen LogP contribution < -0.4 is 0 Å². The van der Waals surface area contributed by atoms with Crippen LogP contribution in [0.3, 0.4) is 0 Å². The number of fused-ring (bicyclic) bond motifs is 1. The zero-order chi connectivity index (χ0) is 19.6. The minimum absolute atomic E-state index is 0.191. The first-order valence-corrected chi connectivity index (χ1v) is 8.76. The van der Waals surface area contributed by atoms with E-state index < -0.39 is 11.7 Å². The van der Waals surface area contributed by atoms with Crippen LogP contribution in [0.2, 0.25) is 0 Å². The highest BCUT2D eigenvalue weighted by Crippen LogP contribution is 2.30. The molecular weight excluding hydrogens is 355 g/mol. The van der Waals surface area contributed by atoms with Crippen molar-refractivity contribution in [3.8, 4) is 0 Å². The Morgan fingerprint density at radius 3 is 2.41 bits per heavy atom. The van der Waals surface area contributed by atoms with Crippen molar-refractivity contribution >= 4 is 11.6 Å². The molecule has 0 bridgehead atoms. The van der Waals surface area contributed by atoms with Gasteiger partial charge in [-0.2, -0.15) is 13.2 Å². The van der Waals surface area contributed by atoms with Gasteiger partial charge < -0.3 is 4.90 Å². The Morgan fingerprint density at radius 1 is 1.11 bits per heavy atom. The molecule has 0 fully saturated rings. The molecule has 0 aliphatic rings. The van der Waals surface area contributed by atoms with Gasteiger partial charge in [0.15, 0.2) is 0 Å². The lowest BCUT2D eigenvalue weighted by atomic mass is 10.2. The Kier molecular flexibility index (Phi) is 5.21. The SMILES string of the molecule is CCc1nc2ccc(C(F)(F)F)cn2c1C(=O)N(CC)Cc1ccccc1. The largest absolute Gasteiger partial charge is 0.417 e. The Labute approximate surface area is 155 Å². The van der Waals surface area contributed by atoms with E-state index in [4.69, 9.17) is 0 Å². The number of pyridine rings is 1. The van der Waals surface area contributed by atoms with E-state index in [-0.39, 0.29) is 11.6 Å². The first-order valence-electron chi connectivity index (χ1n) is 8.76. The van der Waals surface area contributed by atoms with Crippen molar-refractivity contribution in [1.82, 2.24) is 14.3 Å². The summed E-state index contributed by atoms with van der Waals surface area (Å²) in [7, 11) is 0. The molecule has 0 unspecified atom stereocenters. The highest BCUT2D eigenvalue weighted by molar-refractivity contribution is 5.94. The summed E-state index contributed by atoms with van der Waals surface area (Å²) >= 11 is 0. The maximum Gasteiger partial charge on any atom is 0.417 e. The highest BCUT2D eigenvalue weighted by Gasteiger charge is 2.32. The fourth-order valence-electron chi connectivity index (χ4n) is 3.01. The molecule has 0 saturated heterocycles. The van der Waals surface area contributed by atoms with E-state index >= 15 is 0 Å². The van der Waals surface area contributed by atoms with Gasteiger partial charge in [-0.3, -0.25) is 9.20 Å². The molecule has 2 aromatic heterocycles. The third-order valence-corrected chi connectivity index (χ3v) is 4.44. The van der Waals surface area contributed by atoms with Gasteiger partial charge in [0.25, 0.3) is 5.91 Å². The first-order chi connectivity index (χ1) is 12.8. The molecule has 0 N–H and O–H groups in total. The first kappa shape index (κ1) is 18.9. The lowest BCUT2D eigenvalue weighted by Gasteiger charge is -2.21. The van der Waals surface area contributed by atoms with Gasteiger partial charge in [-0.05, 0) is 31.0 Å². The molecule has 0 spiro atoms. The van der Waals surface area contributed by atoms with Crippen LogP contribution >= 0.6 is 0 Å². The average molecular weight is 375 g/mol. The number of aromatic nitrogens is 2. The van der Waals surface area contributed by atoms with Crippen LogP contribution in [0.1, 0.15) is 41.2 Å². The predicted octanol–water partition coefficient (Wildman–Crippen LogP) is 4.58. The van der Waals surface area contributed by atoms with Crippen molar-refractivity contribution in [2.75, 3.05) is 6.54 Å². The molecule has 0 saturated carbocycles. The van der Waals surface area contributed by atoms with E-state index in [9.17, 15) is 18.0 Å². The summed E-state index contributed by atoms with van der Waals surface area (Å²) in [6.45, 7) is 4.49. The Balaban J connectivity index is 2.06. The van der Waals surface area contributed by atoms with Crippen LogP contribution in [0.25, 0.3) is 5.65 Å². The van der Waals surface area contributed by atoms with Gasteiger partial charge in [0.2, 0.25) is 0 Å². The van der Waals surface area contributed by atoms with E-state index in [1.165, 1.54) is 10.5 Å². The monoisotopic (exact) mass is 375 g/mol. The zero-order valence-electron chi connectivity index (χ0n) is 15.1. The number of benzene rings is 1. The topological polar surface area (TPSA) is 37.6 Å². The third-order valence-electron chi connectivity index (χ3n) is 4.44. The minimum atomic E-state index is -4.49. The second-order valence-corrected chi connectivity index (χ2v) is 6.21. The van der Waals surface area contributed by atoms with Gasteiger partial charge in [-0.25, -0.2) is 4.98 Å². The van der Waals surface area contributed by atoms with Gasteiger partial charge in [-0.15, -0.1) is 0 Å². The highest BCUT2D eigenvalue weighted by atomic mass is 19.4. The van der Waals surface area contributed by atoms with Crippen LogP contribution in [0.15, 0.2) is 48.7 Å². The van der Waals surface area contributed by atoms with Gasteiger partial charge in [-0.1, -0.05) is 37.3 Å². The van der Waals surface area contributed by atoms with Gasteiger partial charge in [0, 0.05) is 19.3 Å². The number of aryl methyl sites for hydroxylation is 1. The minimum Gasteiger partial charge on any atom is -0.333 e. The van der Waals surface area contributed by atoms with Crippen LogP contribution in [0.5, 0.6) is 0 Å². The number of nitrogens with zero attached hydrogens (tertiary/aromatic N) is 3. The van der Waals surface area contributed by atoms with Crippen LogP contribution in [-0.4, -0.2) is 26.7 Å². The molecular formula is C20H20F3N3O. The second kappa shape index (κ2) is 7.42. The van der Waals surface area contributed by atoms with Crippen molar-refractivity contribution < 1.29 is 18.0 Å².